The first-order chi connectivity index (χ1) is 14.6. The van der Waals surface area contributed by atoms with E-state index in [1.807, 2.05) is 6.07 Å². The highest BCUT2D eigenvalue weighted by molar-refractivity contribution is 6.07. The van der Waals surface area contributed by atoms with Crippen LogP contribution in [0.15, 0.2) is 80.6 Å². The predicted octanol–water partition coefficient (Wildman–Crippen LogP) is 3.84. The number of carbonyl (C=O) groups excluding carboxylic acids is 2. The highest BCUT2D eigenvalue weighted by Gasteiger charge is 2.27. The Morgan fingerprint density at radius 3 is 2.67 bits per heavy atom. The Morgan fingerprint density at radius 1 is 0.967 bits per heavy atom. The zero-order valence-electron chi connectivity index (χ0n) is 15.8. The smallest absolute Gasteiger partial charge is 0.293 e. The summed E-state index contributed by atoms with van der Waals surface area (Å²) in [6.07, 6.45) is 2.17. The fraction of sp³-hybridized carbons (Fsp3) is 0.0870. The summed E-state index contributed by atoms with van der Waals surface area (Å²) in [4.78, 5) is 39.2. The van der Waals surface area contributed by atoms with Gasteiger partial charge in [0.25, 0.3) is 11.8 Å². The Balaban J connectivity index is 1.43. The van der Waals surface area contributed by atoms with Gasteiger partial charge in [0.1, 0.15) is 5.58 Å². The maximum atomic E-state index is 12.7. The second-order valence-corrected chi connectivity index (χ2v) is 6.95. The quantitative estimate of drug-likeness (QED) is 0.564. The largest absolute Gasteiger partial charge is 0.459 e. The SMILES string of the molecule is O=C(Nc1ccc2c(c1)N(C(=O)c1ccco1)CC2)c1cc(=O)c2ccccc2o1. The van der Waals surface area contributed by atoms with Crippen LogP contribution in [0.5, 0.6) is 0 Å². The number of hydrogen-bond donors (Lipinski definition) is 1. The van der Waals surface area contributed by atoms with Gasteiger partial charge in [0, 0.05) is 24.0 Å². The molecule has 1 aliphatic rings. The lowest BCUT2D eigenvalue weighted by Gasteiger charge is -2.17. The number of nitrogens with zero attached hydrogens (tertiary/aromatic N) is 1. The van der Waals surface area contributed by atoms with Crippen molar-refractivity contribution in [2.75, 3.05) is 16.8 Å². The maximum Gasteiger partial charge on any atom is 0.293 e. The van der Waals surface area contributed by atoms with Gasteiger partial charge in [0.15, 0.2) is 16.9 Å². The molecule has 1 aliphatic heterocycles. The molecule has 30 heavy (non-hydrogen) atoms. The normalized spacial score (nSPS) is 12.7. The van der Waals surface area contributed by atoms with Gasteiger partial charge in [0.2, 0.25) is 0 Å². The molecule has 148 valence electrons. The van der Waals surface area contributed by atoms with Gasteiger partial charge in [-0.25, -0.2) is 0 Å². The molecule has 2 amide bonds. The Hall–Kier alpha value is -4.13. The van der Waals surface area contributed by atoms with Crippen LogP contribution in [0.3, 0.4) is 0 Å². The molecule has 0 spiro atoms. The van der Waals surface area contributed by atoms with Gasteiger partial charge >= 0.3 is 0 Å². The van der Waals surface area contributed by atoms with Crippen molar-refractivity contribution in [2.45, 2.75) is 6.42 Å². The number of hydrogen-bond acceptors (Lipinski definition) is 5. The van der Waals surface area contributed by atoms with Crippen LogP contribution in [0.2, 0.25) is 0 Å². The van der Waals surface area contributed by atoms with E-state index in [0.29, 0.717) is 28.9 Å². The highest BCUT2D eigenvalue weighted by atomic mass is 16.3. The van der Waals surface area contributed by atoms with Crippen LogP contribution in [-0.2, 0) is 6.42 Å². The monoisotopic (exact) mass is 400 g/mol. The van der Waals surface area contributed by atoms with Gasteiger partial charge in [-0.15, -0.1) is 0 Å². The molecule has 0 saturated heterocycles. The molecule has 0 radical (unpaired) electrons. The van der Waals surface area contributed by atoms with Crippen molar-refractivity contribution in [3.63, 3.8) is 0 Å². The molecule has 0 unspecified atom stereocenters. The average Bonchev–Trinajstić information content (AvgIpc) is 3.43. The lowest BCUT2D eigenvalue weighted by atomic mass is 10.1. The third-order valence-corrected chi connectivity index (χ3v) is 5.07. The third-order valence-electron chi connectivity index (χ3n) is 5.07. The van der Waals surface area contributed by atoms with E-state index in [1.54, 1.807) is 53.4 Å². The third kappa shape index (κ3) is 3.06. The summed E-state index contributed by atoms with van der Waals surface area (Å²) in [5.74, 6) is -0.597. The van der Waals surface area contributed by atoms with E-state index in [0.717, 1.165) is 12.0 Å². The van der Waals surface area contributed by atoms with E-state index < -0.39 is 5.91 Å². The molecule has 7 nitrogen and oxygen atoms in total. The first-order valence-corrected chi connectivity index (χ1v) is 9.43. The van der Waals surface area contributed by atoms with Gasteiger partial charge in [-0.1, -0.05) is 18.2 Å². The van der Waals surface area contributed by atoms with Crippen molar-refractivity contribution in [1.29, 1.82) is 0 Å². The molecule has 4 aromatic rings. The molecule has 0 bridgehead atoms. The zero-order valence-corrected chi connectivity index (χ0v) is 15.8. The maximum absolute atomic E-state index is 12.7. The number of nitrogens with one attached hydrogen (secondary N) is 1. The molecule has 0 aliphatic carbocycles. The van der Waals surface area contributed by atoms with Crippen molar-refractivity contribution >= 4 is 34.2 Å². The fourth-order valence-corrected chi connectivity index (χ4v) is 3.61. The molecule has 2 aromatic carbocycles. The molecule has 1 N–H and O–H groups in total. The van der Waals surface area contributed by atoms with Crippen LogP contribution in [0.25, 0.3) is 11.0 Å². The van der Waals surface area contributed by atoms with E-state index in [-0.39, 0.29) is 22.9 Å². The van der Waals surface area contributed by atoms with Crippen molar-refractivity contribution in [3.8, 4) is 0 Å². The van der Waals surface area contributed by atoms with E-state index in [4.69, 9.17) is 8.83 Å². The van der Waals surface area contributed by atoms with Crippen LogP contribution in [0.4, 0.5) is 11.4 Å². The minimum Gasteiger partial charge on any atom is -0.459 e. The summed E-state index contributed by atoms with van der Waals surface area (Å²) in [7, 11) is 0. The number of rotatable bonds is 3. The molecule has 2 aromatic heterocycles. The van der Waals surface area contributed by atoms with Crippen LogP contribution in [-0.4, -0.2) is 18.4 Å². The predicted molar refractivity (Wildman–Crippen MR) is 111 cm³/mol. The second kappa shape index (κ2) is 7.04. The number of furan rings is 1. The van der Waals surface area contributed by atoms with Crippen LogP contribution in [0, 0.1) is 0 Å². The summed E-state index contributed by atoms with van der Waals surface area (Å²) >= 11 is 0. The van der Waals surface area contributed by atoms with Crippen LogP contribution < -0.4 is 15.6 Å². The Morgan fingerprint density at radius 2 is 1.83 bits per heavy atom. The summed E-state index contributed by atoms with van der Waals surface area (Å²) in [6.45, 7) is 0.534. The molecular formula is C23H16N2O5. The minimum absolute atomic E-state index is 0.0808. The van der Waals surface area contributed by atoms with Gasteiger partial charge in [0.05, 0.1) is 11.6 Å². The van der Waals surface area contributed by atoms with Gasteiger partial charge in [-0.2, -0.15) is 0 Å². The Bertz CT molecular complexity index is 1340. The number of benzene rings is 2. The van der Waals surface area contributed by atoms with Crippen LogP contribution in [0.1, 0.15) is 26.7 Å². The van der Waals surface area contributed by atoms with Crippen molar-refractivity contribution < 1.29 is 18.4 Å². The Labute approximate surface area is 170 Å². The fourth-order valence-electron chi connectivity index (χ4n) is 3.61. The molecule has 0 atom stereocenters. The van der Waals surface area contributed by atoms with Gasteiger partial charge < -0.3 is 19.1 Å². The average molecular weight is 400 g/mol. The van der Waals surface area contributed by atoms with Crippen molar-refractivity contribution in [2.24, 2.45) is 0 Å². The second-order valence-electron chi connectivity index (χ2n) is 6.95. The molecule has 0 fully saturated rings. The molecule has 0 saturated carbocycles. The standard InChI is InChI=1S/C23H16N2O5/c26-18-13-21(30-19-5-2-1-4-16(18)19)22(27)24-15-8-7-14-9-10-25(17(14)12-15)23(28)20-6-3-11-29-20/h1-8,11-13H,9-10H2,(H,24,27). The number of amides is 2. The van der Waals surface area contributed by atoms with Crippen molar-refractivity contribution in [3.05, 3.63) is 94.2 Å². The zero-order chi connectivity index (χ0) is 20.7. The van der Waals surface area contributed by atoms with E-state index in [9.17, 15) is 14.4 Å². The minimum atomic E-state index is -0.542. The number of para-hydroxylation sites is 1. The van der Waals surface area contributed by atoms with Gasteiger partial charge in [-0.05, 0) is 48.4 Å². The molecule has 5 rings (SSSR count). The number of fused-ring (bicyclic) bond motifs is 2. The van der Waals surface area contributed by atoms with E-state index >= 15 is 0 Å². The highest BCUT2D eigenvalue weighted by Crippen LogP contribution is 2.32. The Kier molecular flexibility index (Phi) is 4.21. The van der Waals surface area contributed by atoms with Gasteiger partial charge in [-0.3, -0.25) is 14.4 Å². The molecular weight excluding hydrogens is 384 g/mol. The lowest BCUT2D eigenvalue weighted by molar-refractivity contribution is 0.0961. The molecule has 7 heteroatoms. The summed E-state index contributed by atoms with van der Waals surface area (Å²) < 4.78 is 10.8. The number of anilines is 2. The molecule has 3 heterocycles. The lowest BCUT2D eigenvalue weighted by Crippen LogP contribution is -2.28. The summed E-state index contributed by atoms with van der Waals surface area (Å²) in [5.41, 5.74) is 2.28. The topological polar surface area (TPSA) is 92.8 Å². The van der Waals surface area contributed by atoms with Crippen molar-refractivity contribution in [1.82, 2.24) is 0 Å². The summed E-state index contributed by atoms with van der Waals surface area (Å²) in [5, 5.41) is 3.16. The first kappa shape index (κ1) is 17.9. The van der Waals surface area contributed by atoms with E-state index in [2.05, 4.69) is 5.32 Å². The number of carbonyl (C=O) groups is 2. The summed E-state index contributed by atoms with van der Waals surface area (Å²) in [6, 6.07) is 16.6. The van der Waals surface area contributed by atoms with Crippen LogP contribution >= 0.6 is 0 Å². The van der Waals surface area contributed by atoms with E-state index in [1.165, 1.54) is 12.3 Å². The first-order valence-electron chi connectivity index (χ1n) is 9.43.